The van der Waals surface area contributed by atoms with Crippen molar-refractivity contribution < 1.29 is 27.9 Å². The number of alkyl halides is 3. The van der Waals surface area contributed by atoms with Crippen LogP contribution in [0.4, 0.5) is 18.0 Å². The molecule has 0 atom stereocenters. The van der Waals surface area contributed by atoms with Crippen LogP contribution in [0.25, 0.3) is 6.08 Å². The minimum absolute atomic E-state index is 0.0332. The molecule has 124 valence electrons. The van der Waals surface area contributed by atoms with E-state index in [0.717, 1.165) is 17.0 Å². The van der Waals surface area contributed by atoms with Crippen LogP contribution < -0.4 is 5.73 Å². The van der Waals surface area contributed by atoms with Crippen molar-refractivity contribution in [1.82, 2.24) is 4.90 Å². The molecule has 5 nitrogen and oxygen atoms in total. The highest BCUT2D eigenvalue weighted by Crippen LogP contribution is 2.37. The van der Waals surface area contributed by atoms with Crippen LogP contribution in [0.15, 0.2) is 23.1 Å². The molecule has 0 spiro atoms. The lowest BCUT2D eigenvalue weighted by Crippen LogP contribution is -2.30. The third kappa shape index (κ3) is 3.85. The van der Waals surface area contributed by atoms with Gasteiger partial charge in [-0.05, 0) is 48.5 Å². The molecule has 1 aromatic rings. The summed E-state index contributed by atoms with van der Waals surface area (Å²) in [5.74, 6) is -1.46. The Hall–Kier alpha value is -2.00. The van der Waals surface area contributed by atoms with Gasteiger partial charge in [0.2, 0.25) is 0 Å². The first-order valence-corrected chi connectivity index (χ1v) is 7.41. The van der Waals surface area contributed by atoms with Gasteiger partial charge in [-0.1, -0.05) is 6.07 Å². The van der Waals surface area contributed by atoms with E-state index < -0.39 is 28.6 Å². The molecule has 1 heterocycles. The summed E-state index contributed by atoms with van der Waals surface area (Å²) in [7, 11) is 0. The van der Waals surface area contributed by atoms with Gasteiger partial charge in [0.1, 0.15) is 5.75 Å². The van der Waals surface area contributed by atoms with Gasteiger partial charge in [0.05, 0.1) is 10.5 Å². The largest absolute Gasteiger partial charge is 0.507 e. The van der Waals surface area contributed by atoms with Gasteiger partial charge in [-0.15, -0.1) is 0 Å². The van der Waals surface area contributed by atoms with E-state index in [1.165, 1.54) is 12.1 Å². The zero-order chi connectivity index (χ0) is 17.2. The van der Waals surface area contributed by atoms with Gasteiger partial charge in [-0.25, -0.2) is 0 Å². The number of carbonyl (C=O) groups is 2. The maximum atomic E-state index is 12.8. The summed E-state index contributed by atoms with van der Waals surface area (Å²) < 4.78 is 38.3. The average molecular weight is 346 g/mol. The van der Waals surface area contributed by atoms with Gasteiger partial charge >= 0.3 is 6.18 Å². The lowest BCUT2D eigenvalue weighted by molar-refractivity contribution is -0.138. The standard InChI is InChI=1S/C14H13F3N2O3S/c15-14(16,17)9-6-8(2-3-10(9)20)7-11-12(21)19(5-1-4-18)13(22)23-11/h2-3,6-7,20H,1,4-5,18H2/b11-7-. The predicted molar refractivity (Wildman–Crippen MR) is 79.5 cm³/mol. The van der Waals surface area contributed by atoms with E-state index in [2.05, 4.69) is 0 Å². The molecule has 3 N–H and O–H groups in total. The van der Waals surface area contributed by atoms with Crippen LogP contribution >= 0.6 is 11.8 Å². The maximum absolute atomic E-state index is 12.8. The van der Waals surface area contributed by atoms with Gasteiger partial charge in [-0.2, -0.15) is 13.2 Å². The van der Waals surface area contributed by atoms with Crippen molar-refractivity contribution in [3.05, 3.63) is 34.2 Å². The van der Waals surface area contributed by atoms with Crippen molar-refractivity contribution in [2.75, 3.05) is 13.1 Å². The number of nitrogens with zero attached hydrogens (tertiary/aromatic N) is 1. The topological polar surface area (TPSA) is 83.6 Å². The molecule has 0 aromatic heterocycles. The van der Waals surface area contributed by atoms with Crippen LogP contribution in [0.1, 0.15) is 17.5 Å². The van der Waals surface area contributed by atoms with Crippen molar-refractivity contribution >= 4 is 29.0 Å². The highest BCUT2D eigenvalue weighted by Gasteiger charge is 2.36. The van der Waals surface area contributed by atoms with Gasteiger partial charge in [0.15, 0.2) is 0 Å². The van der Waals surface area contributed by atoms with E-state index >= 15 is 0 Å². The number of halogens is 3. The first kappa shape index (κ1) is 17.4. The first-order valence-electron chi connectivity index (χ1n) is 6.59. The Kier molecular flexibility index (Phi) is 5.00. The lowest BCUT2D eigenvalue weighted by Gasteiger charge is -2.11. The van der Waals surface area contributed by atoms with E-state index in [4.69, 9.17) is 5.73 Å². The molecule has 1 aromatic carbocycles. The number of thioether (sulfide) groups is 1. The molecule has 0 unspecified atom stereocenters. The third-order valence-corrected chi connectivity index (χ3v) is 3.99. The maximum Gasteiger partial charge on any atom is 0.419 e. The van der Waals surface area contributed by atoms with Crippen LogP contribution in [-0.4, -0.2) is 34.2 Å². The van der Waals surface area contributed by atoms with Gasteiger partial charge in [0.25, 0.3) is 11.1 Å². The highest BCUT2D eigenvalue weighted by molar-refractivity contribution is 8.18. The normalized spacial score (nSPS) is 17.4. The number of hydrogen-bond acceptors (Lipinski definition) is 5. The van der Waals surface area contributed by atoms with Gasteiger partial charge in [-0.3, -0.25) is 14.5 Å². The van der Waals surface area contributed by atoms with Crippen LogP contribution in [0.2, 0.25) is 0 Å². The Bertz CT molecular complexity index is 674. The number of imide groups is 1. The summed E-state index contributed by atoms with van der Waals surface area (Å²) in [6.07, 6.45) is -3.07. The number of phenols is 1. The molecule has 2 amide bonds. The number of benzene rings is 1. The molecule has 1 saturated heterocycles. The Labute approximate surface area is 133 Å². The summed E-state index contributed by atoms with van der Waals surface area (Å²) in [5, 5.41) is 8.80. The molecule has 23 heavy (non-hydrogen) atoms. The average Bonchev–Trinajstić information content (AvgIpc) is 2.72. The Morgan fingerprint density at radius 2 is 2.00 bits per heavy atom. The monoisotopic (exact) mass is 346 g/mol. The summed E-state index contributed by atoms with van der Waals surface area (Å²) in [5.41, 5.74) is 4.19. The molecule has 0 bridgehead atoms. The first-order chi connectivity index (χ1) is 10.7. The number of phenolic OH excluding ortho intramolecular Hbond substituents is 1. The van der Waals surface area contributed by atoms with Crippen LogP contribution in [0, 0.1) is 0 Å². The number of carbonyl (C=O) groups excluding carboxylic acids is 2. The molecule has 1 fully saturated rings. The molecule has 0 radical (unpaired) electrons. The van der Waals surface area contributed by atoms with Gasteiger partial charge in [0, 0.05) is 6.54 Å². The lowest BCUT2D eigenvalue weighted by atomic mass is 10.1. The smallest absolute Gasteiger partial charge is 0.419 e. The van der Waals surface area contributed by atoms with E-state index in [0.29, 0.717) is 24.7 Å². The Balaban J connectivity index is 2.29. The Morgan fingerprint density at radius 3 is 2.61 bits per heavy atom. The van der Waals surface area contributed by atoms with E-state index in [1.807, 2.05) is 0 Å². The number of nitrogens with two attached hydrogens (primary N) is 1. The molecule has 0 aliphatic carbocycles. The fraction of sp³-hybridized carbons (Fsp3) is 0.286. The zero-order valence-electron chi connectivity index (χ0n) is 11.8. The van der Waals surface area contributed by atoms with E-state index in [1.54, 1.807) is 0 Å². The van der Waals surface area contributed by atoms with Crippen molar-refractivity contribution in [3.8, 4) is 5.75 Å². The molecular weight excluding hydrogens is 333 g/mol. The second-order valence-electron chi connectivity index (χ2n) is 4.75. The van der Waals surface area contributed by atoms with Crippen LogP contribution in [0.5, 0.6) is 5.75 Å². The molecule has 2 rings (SSSR count). The van der Waals surface area contributed by atoms with E-state index in [9.17, 15) is 27.9 Å². The van der Waals surface area contributed by atoms with Crippen molar-refractivity contribution in [3.63, 3.8) is 0 Å². The molecule has 1 aliphatic heterocycles. The van der Waals surface area contributed by atoms with E-state index in [-0.39, 0.29) is 17.0 Å². The van der Waals surface area contributed by atoms with Crippen molar-refractivity contribution in [2.24, 2.45) is 5.73 Å². The zero-order valence-corrected chi connectivity index (χ0v) is 12.6. The molecular formula is C14H13F3N2O3S. The summed E-state index contributed by atoms with van der Waals surface area (Å²) in [6, 6.07) is 2.86. The second kappa shape index (κ2) is 6.63. The second-order valence-corrected chi connectivity index (χ2v) is 5.74. The summed E-state index contributed by atoms with van der Waals surface area (Å²) >= 11 is 0.659. The quantitative estimate of drug-likeness (QED) is 0.819. The third-order valence-electron chi connectivity index (χ3n) is 3.08. The number of rotatable bonds is 4. The molecule has 1 aliphatic rings. The summed E-state index contributed by atoms with van der Waals surface area (Å²) in [4.78, 5) is 24.9. The predicted octanol–water partition coefficient (Wildman–Crippen LogP) is 2.80. The SMILES string of the molecule is NCCCN1C(=O)S/C(=C\c2ccc(O)c(C(F)(F)F)c2)C1=O. The number of aromatic hydroxyl groups is 1. The molecule has 0 saturated carbocycles. The minimum atomic E-state index is -4.71. The Morgan fingerprint density at radius 1 is 1.30 bits per heavy atom. The fourth-order valence-corrected chi connectivity index (χ4v) is 2.83. The summed E-state index contributed by atoms with van der Waals surface area (Å²) in [6.45, 7) is 0.482. The fourth-order valence-electron chi connectivity index (χ4n) is 1.96. The van der Waals surface area contributed by atoms with Crippen molar-refractivity contribution in [2.45, 2.75) is 12.6 Å². The highest BCUT2D eigenvalue weighted by atomic mass is 32.2. The minimum Gasteiger partial charge on any atom is -0.507 e. The van der Waals surface area contributed by atoms with Crippen molar-refractivity contribution in [1.29, 1.82) is 0 Å². The number of amides is 2. The van der Waals surface area contributed by atoms with Gasteiger partial charge < -0.3 is 10.8 Å². The number of hydrogen-bond donors (Lipinski definition) is 2. The van der Waals surface area contributed by atoms with Crippen LogP contribution in [-0.2, 0) is 11.0 Å². The molecule has 9 heteroatoms. The van der Waals surface area contributed by atoms with Crippen LogP contribution in [0.3, 0.4) is 0 Å².